The lowest BCUT2D eigenvalue weighted by atomic mass is 9.91. The molecule has 32 heavy (non-hydrogen) atoms. The third-order valence-corrected chi connectivity index (χ3v) is 5.28. The van der Waals surface area contributed by atoms with E-state index in [4.69, 9.17) is 0 Å². The number of hydrogen-bond acceptors (Lipinski definition) is 3. The molecule has 0 spiro atoms. The number of alkyl halides is 3. The fourth-order valence-electron chi connectivity index (χ4n) is 3.55. The molecule has 1 N–H and O–H groups in total. The number of piperazine rings is 1. The molecule has 172 valence electrons. The van der Waals surface area contributed by atoms with Crippen molar-refractivity contribution in [3.05, 3.63) is 59.7 Å². The van der Waals surface area contributed by atoms with Gasteiger partial charge in [-0.15, -0.1) is 0 Å². The van der Waals surface area contributed by atoms with Gasteiger partial charge in [-0.1, -0.05) is 20.8 Å². The molecule has 0 atom stereocenters. The molecule has 0 radical (unpaired) electrons. The van der Waals surface area contributed by atoms with Crippen LogP contribution in [0, 0.1) is 5.41 Å². The maximum atomic E-state index is 12.7. The monoisotopic (exact) mass is 447 g/mol. The first-order chi connectivity index (χ1) is 14.9. The van der Waals surface area contributed by atoms with Gasteiger partial charge in [-0.3, -0.25) is 9.59 Å². The summed E-state index contributed by atoms with van der Waals surface area (Å²) in [5.41, 5.74) is 0.865. The highest BCUT2D eigenvalue weighted by Gasteiger charge is 2.30. The Balaban J connectivity index is 1.54. The van der Waals surface area contributed by atoms with Crippen LogP contribution in [0.25, 0.3) is 0 Å². The van der Waals surface area contributed by atoms with Crippen molar-refractivity contribution in [1.29, 1.82) is 0 Å². The Morgan fingerprint density at radius 1 is 0.875 bits per heavy atom. The van der Waals surface area contributed by atoms with Gasteiger partial charge in [0.1, 0.15) is 0 Å². The van der Waals surface area contributed by atoms with E-state index in [9.17, 15) is 22.8 Å². The van der Waals surface area contributed by atoms with E-state index in [0.29, 0.717) is 25.2 Å². The number of hydrogen-bond donors (Lipinski definition) is 1. The highest BCUT2D eigenvalue weighted by molar-refractivity contribution is 6.04. The van der Waals surface area contributed by atoms with Crippen LogP contribution >= 0.6 is 0 Å². The minimum atomic E-state index is -4.43. The summed E-state index contributed by atoms with van der Waals surface area (Å²) in [6.45, 7) is 8.96. The molecule has 8 heteroatoms. The number of rotatable bonds is 4. The van der Waals surface area contributed by atoms with Crippen LogP contribution in [0.3, 0.4) is 0 Å². The van der Waals surface area contributed by atoms with Gasteiger partial charge in [-0.2, -0.15) is 13.2 Å². The average Bonchev–Trinajstić information content (AvgIpc) is 2.73. The molecule has 2 aromatic rings. The van der Waals surface area contributed by atoms with Crippen molar-refractivity contribution in [2.24, 2.45) is 5.41 Å². The second-order valence-corrected chi connectivity index (χ2v) is 9.18. The van der Waals surface area contributed by atoms with Gasteiger partial charge >= 0.3 is 6.18 Å². The van der Waals surface area contributed by atoms with Gasteiger partial charge in [-0.25, -0.2) is 0 Å². The summed E-state index contributed by atoms with van der Waals surface area (Å²) in [5, 5.41) is 2.70. The summed E-state index contributed by atoms with van der Waals surface area (Å²) < 4.78 is 38.0. The Morgan fingerprint density at radius 3 is 1.94 bits per heavy atom. The molecular formula is C24H28F3N3O2. The summed E-state index contributed by atoms with van der Waals surface area (Å²) in [6.07, 6.45) is -3.91. The van der Waals surface area contributed by atoms with Crippen LogP contribution in [0.4, 0.5) is 24.5 Å². The van der Waals surface area contributed by atoms with E-state index in [-0.39, 0.29) is 16.9 Å². The van der Waals surface area contributed by atoms with Gasteiger partial charge in [-0.05, 0) is 53.9 Å². The Bertz CT molecular complexity index is 940. The van der Waals surface area contributed by atoms with E-state index in [2.05, 4.69) is 31.0 Å². The number of carbonyl (C=O) groups excluding carboxylic acids is 2. The van der Waals surface area contributed by atoms with Gasteiger partial charge < -0.3 is 15.1 Å². The molecule has 0 saturated carbocycles. The normalized spacial score (nSPS) is 14.9. The smallest absolute Gasteiger partial charge is 0.368 e. The van der Waals surface area contributed by atoms with E-state index < -0.39 is 17.6 Å². The first-order valence-electron chi connectivity index (χ1n) is 10.5. The van der Waals surface area contributed by atoms with Gasteiger partial charge in [0, 0.05) is 49.5 Å². The van der Waals surface area contributed by atoms with Crippen LogP contribution < -0.4 is 10.2 Å². The molecular weight excluding hydrogens is 419 g/mol. The zero-order valence-corrected chi connectivity index (χ0v) is 18.5. The zero-order valence-electron chi connectivity index (χ0n) is 18.5. The second kappa shape index (κ2) is 9.22. The highest BCUT2D eigenvalue weighted by atomic mass is 19.4. The van der Waals surface area contributed by atoms with E-state index in [1.54, 1.807) is 12.1 Å². The Morgan fingerprint density at radius 2 is 1.44 bits per heavy atom. The molecule has 0 unspecified atom stereocenters. The third kappa shape index (κ3) is 6.24. The van der Waals surface area contributed by atoms with Crippen LogP contribution in [0.2, 0.25) is 0 Å². The van der Waals surface area contributed by atoms with E-state index >= 15 is 0 Å². The lowest BCUT2D eigenvalue weighted by Crippen LogP contribution is -2.49. The highest BCUT2D eigenvalue weighted by Crippen LogP contribution is 2.29. The van der Waals surface area contributed by atoms with Crippen molar-refractivity contribution in [3.8, 4) is 0 Å². The summed E-state index contributed by atoms with van der Waals surface area (Å²) in [4.78, 5) is 28.8. The van der Waals surface area contributed by atoms with Crippen LogP contribution in [0.1, 0.15) is 43.1 Å². The van der Waals surface area contributed by atoms with Crippen molar-refractivity contribution >= 4 is 23.2 Å². The van der Waals surface area contributed by atoms with E-state index in [1.165, 1.54) is 0 Å². The average molecular weight is 448 g/mol. The van der Waals surface area contributed by atoms with Gasteiger partial charge in [0.25, 0.3) is 5.91 Å². The first-order valence-corrected chi connectivity index (χ1v) is 10.5. The number of halogens is 3. The molecule has 1 fully saturated rings. The molecule has 1 aliphatic heterocycles. The molecule has 0 aliphatic carbocycles. The second-order valence-electron chi connectivity index (χ2n) is 9.18. The first kappa shape index (κ1) is 23.6. The quantitative estimate of drug-likeness (QED) is 0.714. The number of nitrogens with zero attached hydrogens (tertiary/aromatic N) is 2. The number of amides is 2. The standard InChI is InChI=1S/C24H28F3N3O2/c1-23(2,3)16-21(31)30-14-12-29(13-15-30)20-10-8-19(9-11-20)28-22(32)17-4-6-18(7-5-17)24(25,26)27/h4-11H,12-16H2,1-3H3,(H,28,32). The van der Waals surface area contributed by atoms with E-state index in [1.807, 2.05) is 17.0 Å². The van der Waals surface area contributed by atoms with Crippen molar-refractivity contribution in [3.63, 3.8) is 0 Å². The van der Waals surface area contributed by atoms with Crippen LogP contribution in [0.15, 0.2) is 48.5 Å². The van der Waals surface area contributed by atoms with Crippen LogP contribution in [-0.2, 0) is 11.0 Å². The molecule has 0 aromatic heterocycles. The fourth-order valence-corrected chi connectivity index (χ4v) is 3.55. The molecule has 1 aliphatic rings. The molecule has 5 nitrogen and oxygen atoms in total. The summed E-state index contributed by atoms with van der Waals surface area (Å²) >= 11 is 0. The minimum absolute atomic E-state index is 0.0329. The predicted octanol–water partition coefficient (Wildman–Crippen LogP) is 5.04. The van der Waals surface area contributed by atoms with Crippen molar-refractivity contribution in [2.75, 3.05) is 36.4 Å². The number of nitrogens with one attached hydrogen (secondary N) is 1. The minimum Gasteiger partial charge on any atom is -0.368 e. The van der Waals surface area contributed by atoms with Crippen molar-refractivity contribution < 1.29 is 22.8 Å². The van der Waals surface area contributed by atoms with Crippen LogP contribution in [0.5, 0.6) is 0 Å². The van der Waals surface area contributed by atoms with Crippen molar-refractivity contribution in [2.45, 2.75) is 33.4 Å². The zero-order chi connectivity index (χ0) is 23.5. The maximum Gasteiger partial charge on any atom is 0.416 e. The predicted molar refractivity (Wildman–Crippen MR) is 119 cm³/mol. The fraction of sp³-hybridized carbons (Fsp3) is 0.417. The maximum absolute atomic E-state index is 12.7. The Hall–Kier alpha value is -3.03. The van der Waals surface area contributed by atoms with Gasteiger partial charge in [0.2, 0.25) is 5.91 Å². The van der Waals surface area contributed by atoms with Crippen LogP contribution in [-0.4, -0.2) is 42.9 Å². The summed E-state index contributed by atoms with van der Waals surface area (Å²) in [7, 11) is 0. The molecule has 3 rings (SSSR count). The van der Waals surface area contributed by atoms with E-state index in [0.717, 1.165) is 43.0 Å². The van der Waals surface area contributed by atoms with Gasteiger partial charge in [0.05, 0.1) is 5.56 Å². The molecule has 0 bridgehead atoms. The largest absolute Gasteiger partial charge is 0.416 e. The molecule has 2 aromatic carbocycles. The lowest BCUT2D eigenvalue weighted by Gasteiger charge is -2.37. The van der Waals surface area contributed by atoms with Gasteiger partial charge in [0.15, 0.2) is 0 Å². The third-order valence-electron chi connectivity index (χ3n) is 5.28. The molecule has 2 amide bonds. The summed E-state index contributed by atoms with van der Waals surface area (Å²) in [6, 6.07) is 11.4. The molecule has 1 heterocycles. The topological polar surface area (TPSA) is 52.7 Å². The molecule has 1 saturated heterocycles. The Kier molecular flexibility index (Phi) is 6.81. The number of benzene rings is 2. The van der Waals surface area contributed by atoms with Crippen molar-refractivity contribution in [1.82, 2.24) is 4.90 Å². The SMILES string of the molecule is CC(C)(C)CC(=O)N1CCN(c2ccc(NC(=O)c3ccc(C(F)(F)F)cc3)cc2)CC1. The number of anilines is 2. The lowest BCUT2D eigenvalue weighted by molar-refractivity contribution is -0.137. The summed E-state index contributed by atoms with van der Waals surface area (Å²) in [5.74, 6) is -0.295. The number of carbonyl (C=O) groups is 2. The Labute approximate surface area is 186 Å².